The first-order valence-corrected chi connectivity index (χ1v) is 10.9. The summed E-state index contributed by atoms with van der Waals surface area (Å²) in [4.78, 5) is 0. The van der Waals surface area contributed by atoms with Gasteiger partial charge in [0.15, 0.2) is 11.5 Å². The van der Waals surface area contributed by atoms with Crippen molar-refractivity contribution < 1.29 is 14.2 Å². The molecule has 0 saturated carbocycles. The fourth-order valence-corrected chi connectivity index (χ4v) is 2.99. The normalized spacial score (nSPS) is 11.0. The van der Waals surface area contributed by atoms with E-state index in [9.17, 15) is 0 Å². The van der Waals surface area contributed by atoms with Gasteiger partial charge in [0, 0.05) is 19.6 Å². The van der Waals surface area contributed by atoms with E-state index in [0.29, 0.717) is 22.9 Å². The highest BCUT2D eigenvalue weighted by Gasteiger charge is 2.16. The van der Waals surface area contributed by atoms with Crippen LogP contribution in [0.1, 0.15) is 37.9 Å². The molecule has 33 heavy (non-hydrogen) atoms. The number of nitrogens with zero attached hydrogens (tertiary/aromatic N) is 9. The average molecular weight is 454 g/mol. The van der Waals surface area contributed by atoms with Crippen molar-refractivity contribution >= 4 is 0 Å². The molecule has 0 N–H and O–H groups in total. The lowest BCUT2D eigenvalue weighted by Gasteiger charge is -2.15. The van der Waals surface area contributed by atoms with Gasteiger partial charge in [0.1, 0.15) is 36.9 Å². The maximum Gasteiger partial charge on any atom is 0.204 e. The second kappa shape index (κ2) is 10.6. The van der Waals surface area contributed by atoms with Crippen LogP contribution >= 0.6 is 0 Å². The van der Waals surface area contributed by atoms with Crippen LogP contribution in [-0.2, 0) is 39.5 Å². The molecule has 4 aromatic rings. The molecular weight excluding hydrogens is 426 g/mol. The van der Waals surface area contributed by atoms with Crippen LogP contribution in [0, 0.1) is 0 Å². The minimum atomic E-state index is 0.217. The van der Waals surface area contributed by atoms with Crippen LogP contribution in [0.2, 0.25) is 0 Å². The van der Waals surface area contributed by atoms with Gasteiger partial charge in [0.25, 0.3) is 0 Å². The summed E-state index contributed by atoms with van der Waals surface area (Å²) in [5.41, 5.74) is 2.14. The molecule has 0 saturated heterocycles. The maximum atomic E-state index is 6.09. The van der Waals surface area contributed by atoms with E-state index in [1.807, 2.05) is 57.6 Å². The summed E-state index contributed by atoms with van der Waals surface area (Å²) in [6, 6.07) is 5.49. The highest BCUT2D eigenvalue weighted by molar-refractivity contribution is 5.51. The van der Waals surface area contributed by atoms with Gasteiger partial charge in [0.05, 0.1) is 18.6 Å². The highest BCUT2D eigenvalue weighted by atomic mass is 16.5. The molecule has 12 nitrogen and oxygen atoms in total. The Morgan fingerprint density at radius 2 is 1.00 bits per heavy atom. The Bertz CT molecular complexity index is 1100. The van der Waals surface area contributed by atoms with Crippen molar-refractivity contribution in [1.29, 1.82) is 0 Å². The van der Waals surface area contributed by atoms with Gasteiger partial charge in [-0.1, -0.05) is 21.7 Å². The van der Waals surface area contributed by atoms with Gasteiger partial charge >= 0.3 is 0 Å². The van der Waals surface area contributed by atoms with Crippen LogP contribution in [0.15, 0.2) is 36.8 Å². The summed E-state index contributed by atoms with van der Waals surface area (Å²) < 4.78 is 23.4. The summed E-state index contributed by atoms with van der Waals surface area (Å²) >= 11 is 0. The van der Waals surface area contributed by atoms with E-state index in [1.54, 1.807) is 14.0 Å². The molecule has 4 rings (SSSR count). The third kappa shape index (κ3) is 5.64. The zero-order chi connectivity index (χ0) is 23.0. The molecule has 12 heteroatoms. The van der Waals surface area contributed by atoms with Crippen LogP contribution < -0.4 is 14.2 Å². The first-order chi connectivity index (χ1) is 16.2. The molecule has 174 valence electrons. The Hall–Kier alpha value is -3.96. The number of hydrogen-bond donors (Lipinski definition) is 0. The fraction of sp³-hybridized carbons (Fsp3) is 0.429. The summed E-state index contributed by atoms with van der Waals surface area (Å²) in [5.74, 6) is 1.52. The molecule has 0 aliphatic rings. The third-order valence-electron chi connectivity index (χ3n) is 4.79. The Morgan fingerprint density at radius 3 is 1.36 bits per heavy atom. The Labute approximate surface area is 191 Å². The van der Waals surface area contributed by atoms with Gasteiger partial charge < -0.3 is 14.2 Å². The highest BCUT2D eigenvalue weighted by Crippen LogP contribution is 2.38. The van der Waals surface area contributed by atoms with Crippen LogP contribution in [0.5, 0.6) is 17.2 Å². The van der Waals surface area contributed by atoms with E-state index in [1.165, 1.54) is 0 Å². The van der Waals surface area contributed by atoms with E-state index in [2.05, 4.69) is 30.9 Å². The molecule has 0 radical (unpaired) electrons. The smallest absolute Gasteiger partial charge is 0.204 e. The van der Waals surface area contributed by atoms with Gasteiger partial charge in [0.2, 0.25) is 5.75 Å². The van der Waals surface area contributed by atoms with E-state index < -0.39 is 0 Å². The summed E-state index contributed by atoms with van der Waals surface area (Å²) in [6.45, 7) is 8.93. The lowest BCUT2D eigenvalue weighted by atomic mass is 10.3. The second-order valence-corrected chi connectivity index (χ2v) is 7.15. The van der Waals surface area contributed by atoms with E-state index >= 15 is 0 Å². The molecule has 0 aliphatic heterocycles. The Kier molecular flexibility index (Phi) is 7.12. The van der Waals surface area contributed by atoms with Crippen molar-refractivity contribution in [2.24, 2.45) is 0 Å². The molecular formula is C21H27N9O3. The molecule has 0 atom stereocenters. The van der Waals surface area contributed by atoms with Gasteiger partial charge in [-0.25, -0.2) is 0 Å². The standard InChI is InChI=1S/C21H27N9O3/c1-4-28-10-16(22-25-28)13-31-19-8-7-9-20(32-14-17-11-29(5-2)26-23-17)21(19)33-15-18-12-30(6-3)27-24-18/h7-12H,4-6,13-15H2,1-3H3. The van der Waals surface area contributed by atoms with Crippen LogP contribution in [0.4, 0.5) is 0 Å². The average Bonchev–Trinajstić information content (AvgIpc) is 3.61. The molecule has 1 aromatic carbocycles. The number of rotatable bonds is 12. The largest absolute Gasteiger partial charge is 0.483 e. The van der Waals surface area contributed by atoms with Crippen molar-refractivity contribution in [3.63, 3.8) is 0 Å². The van der Waals surface area contributed by atoms with E-state index in [0.717, 1.165) is 31.0 Å². The Morgan fingerprint density at radius 1 is 0.606 bits per heavy atom. The number of hydrogen-bond acceptors (Lipinski definition) is 9. The van der Waals surface area contributed by atoms with E-state index in [-0.39, 0.29) is 19.8 Å². The molecule has 0 bridgehead atoms. The molecule has 3 aromatic heterocycles. The second-order valence-electron chi connectivity index (χ2n) is 7.15. The summed E-state index contributed by atoms with van der Waals surface area (Å²) in [6.07, 6.45) is 5.54. The van der Waals surface area contributed by atoms with Crippen molar-refractivity contribution in [2.75, 3.05) is 0 Å². The van der Waals surface area contributed by atoms with E-state index in [4.69, 9.17) is 14.2 Å². The van der Waals surface area contributed by atoms with Crippen molar-refractivity contribution in [3.05, 3.63) is 53.9 Å². The number of benzene rings is 1. The van der Waals surface area contributed by atoms with Crippen molar-refractivity contribution in [2.45, 2.75) is 60.2 Å². The zero-order valence-corrected chi connectivity index (χ0v) is 19.0. The van der Waals surface area contributed by atoms with Gasteiger partial charge in [-0.05, 0) is 32.9 Å². The van der Waals surface area contributed by atoms with Crippen LogP contribution in [0.3, 0.4) is 0 Å². The minimum Gasteiger partial charge on any atom is -0.483 e. The SMILES string of the molecule is CCn1cc(COc2cccc(OCc3cn(CC)nn3)c2OCc2cn(CC)nn2)nn1. The molecule has 0 aliphatic carbocycles. The third-order valence-corrected chi connectivity index (χ3v) is 4.79. The molecule has 0 unspecified atom stereocenters. The summed E-state index contributed by atoms with van der Waals surface area (Å²) in [7, 11) is 0. The predicted molar refractivity (Wildman–Crippen MR) is 117 cm³/mol. The lowest BCUT2D eigenvalue weighted by Crippen LogP contribution is -2.04. The van der Waals surface area contributed by atoms with Crippen LogP contribution in [0.25, 0.3) is 0 Å². The maximum absolute atomic E-state index is 6.09. The van der Waals surface area contributed by atoms with Gasteiger partial charge in [-0.3, -0.25) is 14.0 Å². The topological polar surface area (TPSA) is 120 Å². The lowest BCUT2D eigenvalue weighted by molar-refractivity contribution is 0.226. The number of aryl methyl sites for hydroxylation is 3. The minimum absolute atomic E-state index is 0.217. The number of ether oxygens (including phenoxy) is 3. The zero-order valence-electron chi connectivity index (χ0n) is 19.0. The summed E-state index contributed by atoms with van der Waals surface area (Å²) in [5, 5.41) is 24.5. The molecule has 0 amide bonds. The molecule has 3 heterocycles. The van der Waals surface area contributed by atoms with Crippen molar-refractivity contribution in [1.82, 2.24) is 45.0 Å². The fourth-order valence-electron chi connectivity index (χ4n) is 2.99. The van der Waals surface area contributed by atoms with Crippen LogP contribution in [-0.4, -0.2) is 45.0 Å². The first kappa shape index (κ1) is 22.2. The number of para-hydroxylation sites is 1. The Balaban J connectivity index is 1.51. The number of aromatic nitrogens is 9. The molecule has 0 fully saturated rings. The first-order valence-electron chi connectivity index (χ1n) is 10.9. The molecule has 0 spiro atoms. The quantitative estimate of drug-likeness (QED) is 0.318. The monoisotopic (exact) mass is 453 g/mol. The van der Waals surface area contributed by atoms with Gasteiger partial charge in [-0.15, -0.1) is 15.3 Å². The van der Waals surface area contributed by atoms with Crippen molar-refractivity contribution in [3.8, 4) is 17.2 Å². The van der Waals surface area contributed by atoms with Gasteiger partial charge in [-0.2, -0.15) is 0 Å². The predicted octanol–water partition coefficient (Wildman–Crippen LogP) is 2.26.